The lowest BCUT2D eigenvalue weighted by atomic mass is 10.2. The Balaban J connectivity index is 3.10. The summed E-state index contributed by atoms with van der Waals surface area (Å²) < 4.78 is 0. The molecule has 0 saturated carbocycles. The zero-order valence-corrected chi connectivity index (χ0v) is 5.48. The van der Waals surface area contributed by atoms with Crippen LogP contribution >= 0.6 is 0 Å². The molecule has 1 aromatic rings. The molecule has 1 rings (SSSR count). The summed E-state index contributed by atoms with van der Waals surface area (Å²) in [6.45, 7) is 0. The van der Waals surface area contributed by atoms with Crippen LogP contribution in [0.15, 0.2) is 24.3 Å². The van der Waals surface area contributed by atoms with Gasteiger partial charge in [0.05, 0.1) is 4.92 Å². The quantitative estimate of drug-likeness (QED) is 0.467. The molecule has 1 radical (unpaired) electrons. The van der Waals surface area contributed by atoms with E-state index in [9.17, 15) is 14.9 Å². The van der Waals surface area contributed by atoms with Crippen LogP contribution in [0.5, 0.6) is 0 Å². The SMILES string of the molecule is O=[C]c1cccc([N+](=O)[O-])c1. The first-order valence-corrected chi connectivity index (χ1v) is 2.86. The lowest BCUT2D eigenvalue weighted by Gasteiger charge is -1.89. The van der Waals surface area contributed by atoms with Crippen molar-refractivity contribution >= 4 is 12.0 Å². The van der Waals surface area contributed by atoms with Gasteiger partial charge in [0.2, 0.25) is 6.29 Å². The summed E-state index contributed by atoms with van der Waals surface area (Å²) >= 11 is 0. The van der Waals surface area contributed by atoms with E-state index in [4.69, 9.17) is 0 Å². The highest BCUT2D eigenvalue weighted by Crippen LogP contribution is 2.10. The molecule has 0 aliphatic carbocycles. The maximum absolute atomic E-state index is 10.1. The molecule has 0 aliphatic heterocycles. The van der Waals surface area contributed by atoms with Crippen LogP contribution in [0.2, 0.25) is 0 Å². The molecule has 0 bridgehead atoms. The molecule has 0 N–H and O–H groups in total. The van der Waals surface area contributed by atoms with Crippen molar-refractivity contribution < 1.29 is 9.72 Å². The Bertz CT molecular complexity index is 295. The Kier molecular flexibility index (Phi) is 1.96. The van der Waals surface area contributed by atoms with Gasteiger partial charge in [0, 0.05) is 17.7 Å². The number of rotatable bonds is 2. The number of non-ortho nitro benzene ring substituents is 1. The van der Waals surface area contributed by atoms with Gasteiger partial charge in [0.1, 0.15) is 0 Å². The molecule has 0 aromatic heterocycles. The van der Waals surface area contributed by atoms with Gasteiger partial charge in [-0.05, 0) is 0 Å². The topological polar surface area (TPSA) is 60.2 Å². The fraction of sp³-hybridized carbons (Fsp3) is 0. The Morgan fingerprint density at radius 1 is 1.45 bits per heavy atom. The minimum absolute atomic E-state index is 0.0918. The first-order chi connectivity index (χ1) is 5.24. The van der Waals surface area contributed by atoms with Crippen molar-refractivity contribution in [3.05, 3.63) is 39.9 Å². The summed E-state index contributed by atoms with van der Waals surface area (Å²) in [7, 11) is 0. The third-order valence-electron chi connectivity index (χ3n) is 1.17. The molecular weight excluding hydrogens is 146 g/mol. The smallest absolute Gasteiger partial charge is 0.270 e. The summed E-state index contributed by atoms with van der Waals surface area (Å²) in [6, 6.07) is 5.40. The molecule has 0 heterocycles. The average molecular weight is 150 g/mol. The maximum Gasteiger partial charge on any atom is 0.270 e. The van der Waals surface area contributed by atoms with E-state index in [0.717, 1.165) is 0 Å². The first-order valence-electron chi connectivity index (χ1n) is 2.86. The number of nitro groups is 1. The Morgan fingerprint density at radius 2 is 2.18 bits per heavy atom. The number of nitro benzene ring substituents is 1. The molecule has 55 valence electrons. The number of nitrogens with zero attached hydrogens (tertiary/aromatic N) is 1. The van der Waals surface area contributed by atoms with Gasteiger partial charge in [-0.25, -0.2) is 0 Å². The average Bonchev–Trinajstić information content (AvgIpc) is 2.05. The second kappa shape index (κ2) is 2.92. The normalized spacial score (nSPS) is 9.09. The highest BCUT2D eigenvalue weighted by Gasteiger charge is 2.04. The zero-order valence-electron chi connectivity index (χ0n) is 5.48. The fourth-order valence-corrected chi connectivity index (χ4v) is 0.683. The standard InChI is InChI=1S/C7H4NO3/c9-5-6-2-1-3-7(4-6)8(10)11/h1-4H. The van der Waals surface area contributed by atoms with Crippen LogP contribution < -0.4 is 0 Å². The summed E-state index contributed by atoms with van der Waals surface area (Å²) in [6.07, 6.45) is 1.57. The van der Waals surface area contributed by atoms with E-state index in [1.165, 1.54) is 24.3 Å². The van der Waals surface area contributed by atoms with Crippen LogP contribution in [0.1, 0.15) is 5.56 Å². The molecule has 4 heteroatoms. The Labute approximate surface area is 62.6 Å². The monoisotopic (exact) mass is 150 g/mol. The predicted molar refractivity (Wildman–Crippen MR) is 37.9 cm³/mol. The summed E-state index contributed by atoms with van der Waals surface area (Å²) in [5.41, 5.74) is 0.102. The molecule has 0 unspecified atom stereocenters. The summed E-state index contributed by atoms with van der Waals surface area (Å²) in [5.74, 6) is 0. The fourth-order valence-electron chi connectivity index (χ4n) is 0.683. The van der Waals surface area contributed by atoms with E-state index < -0.39 is 4.92 Å². The summed E-state index contributed by atoms with van der Waals surface area (Å²) in [5, 5.41) is 10.1. The largest absolute Gasteiger partial charge is 0.285 e. The lowest BCUT2D eigenvalue weighted by Crippen LogP contribution is -1.88. The number of carbonyl (C=O) groups excluding carboxylic acids is 1. The molecule has 0 amide bonds. The van der Waals surface area contributed by atoms with Crippen molar-refractivity contribution in [2.24, 2.45) is 0 Å². The van der Waals surface area contributed by atoms with Crippen LogP contribution in [-0.4, -0.2) is 11.2 Å². The van der Waals surface area contributed by atoms with Gasteiger partial charge < -0.3 is 0 Å². The van der Waals surface area contributed by atoms with Crippen molar-refractivity contribution in [3.8, 4) is 0 Å². The van der Waals surface area contributed by atoms with Gasteiger partial charge >= 0.3 is 0 Å². The van der Waals surface area contributed by atoms with E-state index in [-0.39, 0.29) is 11.3 Å². The molecule has 0 spiro atoms. The number of hydrogen-bond donors (Lipinski definition) is 0. The molecule has 1 aromatic carbocycles. The van der Waals surface area contributed by atoms with E-state index in [1.54, 1.807) is 6.29 Å². The molecule has 0 saturated heterocycles. The van der Waals surface area contributed by atoms with E-state index in [0.29, 0.717) is 0 Å². The highest BCUT2D eigenvalue weighted by atomic mass is 16.6. The van der Waals surface area contributed by atoms with Crippen molar-refractivity contribution in [2.45, 2.75) is 0 Å². The predicted octanol–water partition coefficient (Wildman–Crippen LogP) is 1.05. The molecule has 0 atom stereocenters. The minimum atomic E-state index is -0.555. The van der Waals surface area contributed by atoms with Crippen molar-refractivity contribution in [1.82, 2.24) is 0 Å². The molecule has 0 aliphatic rings. The zero-order chi connectivity index (χ0) is 8.27. The van der Waals surface area contributed by atoms with Crippen molar-refractivity contribution in [2.75, 3.05) is 0 Å². The van der Waals surface area contributed by atoms with Gasteiger partial charge in [-0.2, -0.15) is 0 Å². The second-order valence-electron chi connectivity index (χ2n) is 1.91. The first kappa shape index (κ1) is 7.40. The van der Waals surface area contributed by atoms with Gasteiger partial charge in [-0.15, -0.1) is 0 Å². The third-order valence-corrected chi connectivity index (χ3v) is 1.17. The molecule has 4 nitrogen and oxygen atoms in total. The lowest BCUT2D eigenvalue weighted by molar-refractivity contribution is -0.384. The second-order valence-corrected chi connectivity index (χ2v) is 1.91. The van der Waals surface area contributed by atoms with E-state index in [1.807, 2.05) is 0 Å². The van der Waals surface area contributed by atoms with Gasteiger partial charge in [0.25, 0.3) is 5.69 Å². The van der Waals surface area contributed by atoms with Crippen molar-refractivity contribution in [3.63, 3.8) is 0 Å². The Hall–Kier alpha value is -1.71. The van der Waals surface area contributed by atoms with Gasteiger partial charge in [0.15, 0.2) is 0 Å². The van der Waals surface area contributed by atoms with Gasteiger partial charge in [-0.1, -0.05) is 12.1 Å². The van der Waals surface area contributed by atoms with E-state index >= 15 is 0 Å². The Morgan fingerprint density at radius 3 is 2.73 bits per heavy atom. The number of benzene rings is 1. The number of hydrogen-bond acceptors (Lipinski definition) is 3. The molecule has 0 fully saturated rings. The van der Waals surface area contributed by atoms with E-state index in [2.05, 4.69) is 0 Å². The maximum atomic E-state index is 10.1. The van der Waals surface area contributed by atoms with Crippen LogP contribution in [0.4, 0.5) is 5.69 Å². The van der Waals surface area contributed by atoms with Gasteiger partial charge in [-0.3, -0.25) is 14.9 Å². The van der Waals surface area contributed by atoms with Crippen LogP contribution in [0.3, 0.4) is 0 Å². The van der Waals surface area contributed by atoms with Crippen LogP contribution in [0.25, 0.3) is 0 Å². The third kappa shape index (κ3) is 1.61. The summed E-state index contributed by atoms with van der Waals surface area (Å²) in [4.78, 5) is 19.6. The van der Waals surface area contributed by atoms with Crippen LogP contribution in [0, 0.1) is 10.1 Å². The van der Waals surface area contributed by atoms with Crippen molar-refractivity contribution in [1.29, 1.82) is 0 Å². The highest BCUT2D eigenvalue weighted by molar-refractivity contribution is 5.76. The molecular formula is C7H4NO3. The minimum Gasteiger partial charge on any atom is -0.285 e. The molecule has 11 heavy (non-hydrogen) atoms. The van der Waals surface area contributed by atoms with Crippen LogP contribution in [-0.2, 0) is 4.79 Å².